The molecule has 1 N–H and O–H groups in total. The van der Waals surface area contributed by atoms with E-state index >= 15 is 0 Å². The van der Waals surface area contributed by atoms with Gasteiger partial charge >= 0.3 is 0 Å². The Morgan fingerprint density at radius 2 is 2.16 bits per heavy atom. The zero-order valence-corrected chi connectivity index (χ0v) is 14.0. The molecule has 0 atom stereocenters. The van der Waals surface area contributed by atoms with E-state index in [0.717, 1.165) is 21.9 Å². The van der Waals surface area contributed by atoms with Gasteiger partial charge in [0.05, 0.1) is 12.1 Å². The molecule has 0 saturated carbocycles. The van der Waals surface area contributed by atoms with E-state index in [-0.39, 0.29) is 18.1 Å². The number of hydrogen-bond acceptors (Lipinski definition) is 5. The zero-order valence-electron chi connectivity index (χ0n) is 13.2. The lowest BCUT2D eigenvalue weighted by molar-refractivity contribution is -0.115. The molecule has 4 rings (SSSR count). The Hall–Kier alpha value is -3.00. The van der Waals surface area contributed by atoms with Crippen LogP contribution in [-0.4, -0.2) is 20.4 Å². The Kier molecular flexibility index (Phi) is 3.81. The maximum Gasteiger partial charge on any atom is 0.231 e. The molecule has 4 aromatic rings. The SMILES string of the molecule is Cc1cc(NC(=O)Cc2csc3nc(-c4ccc(F)cc4)cn23)no1. The smallest absolute Gasteiger partial charge is 0.231 e. The molecule has 1 aromatic carbocycles. The first-order valence-electron chi connectivity index (χ1n) is 7.53. The summed E-state index contributed by atoms with van der Waals surface area (Å²) in [5.41, 5.74) is 2.38. The topological polar surface area (TPSA) is 72.4 Å². The Morgan fingerprint density at radius 3 is 2.88 bits per heavy atom. The van der Waals surface area contributed by atoms with E-state index in [9.17, 15) is 9.18 Å². The monoisotopic (exact) mass is 356 g/mol. The van der Waals surface area contributed by atoms with E-state index < -0.39 is 0 Å². The summed E-state index contributed by atoms with van der Waals surface area (Å²) in [5, 5.41) is 8.33. The lowest BCUT2D eigenvalue weighted by Crippen LogP contribution is -2.15. The van der Waals surface area contributed by atoms with Gasteiger partial charge in [-0.15, -0.1) is 11.3 Å². The van der Waals surface area contributed by atoms with Crippen molar-refractivity contribution in [2.24, 2.45) is 0 Å². The second kappa shape index (κ2) is 6.14. The summed E-state index contributed by atoms with van der Waals surface area (Å²) >= 11 is 1.45. The van der Waals surface area contributed by atoms with Crippen LogP contribution in [0.15, 0.2) is 46.4 Å². The number of benzene rings is 1. The summed E-state index contributed by atoms with van der Waals surface area (Å²) in [5.74, 6) is 0.550. The molecule has 0 aliphatic carbocycles. The number of aryl methyl sites for hydroxylation is 1. The normalized spacial score (nSPS) is 11.1. The first-order valence-corrected chi connectivity index (χ1v) is 8.41. The van der Waals surface area contributed by atoms with Crippen molar-refractivity contribution in [1.82, 2.24) is 14.5 Å². The summed E-state index contributed by atoms with van der Waals surface area (Å²) in [6.07, 6.45) is 2.03. The van der Waals surface area contributed by atoms with Crippen LogP contribution in [0.2, 0.25) is 0 Å². The van der Waals surface area contributed by atoms with E-state index in [1.54, 1.807) is 25.1 Å². The summed E-state index contributed by atoms with van der Waals surface area (Å²) < 4.78 is 19.9. The van der Waals surface area contributed by atoms with Crippen molar-refractivity contribution in [2.45, 2.75) is 13.3 Å². The third-order valence-corrected chi connectivity index (χ3v) is 4.55. The van der Waals surface area contributed by atoms with Gasteiger partial charge in [-0.1, -0.05) is 5.16 Å². The van der Waals surface area contributed by atoms with E-state index in [4.69, 9.17) is 4.52 Å². The van der Waals surface area contributed by atoms with Gasteiger partial charge in [0, 0.05) is 28.9 Å². The minimum atomic E-state index is -0.287. The lowest BCUT2D eigenvalue weighted by Gasteiger charge is -2.00. The maximum atomic E-state index is 13.1. The predicted octanol–water partition coefficient (Wildman–Crippen LogP) is 3.68. The molecule has 0 aliphatic rings. The molecule has 6 nitrogen and oxygen atoms in total. The van der Waals surface area contributed by atoms with Crippen molar-refractivity contribution in [3.63, 3.8) is 0 Å². The number of amides is 1. The number of nitrogens with one attached hydrogen (secondary N) is 1. The van der Waals surface area contributed by atoms with Gasteiger partial charge in [0.25, 0.3) is 0 Å². The number of rotatable bonds is 4. The first kappa shape index (κ1) is 15.5. The summed E-state index contributed by atoms with van der Waals surface area (Å²) in [7, 11) is 0. The van der Waals surface area contributed by atoms with Gasteiger partial charge in [0.1, 0.15) is 11.6 Å². The Labute approximate surface area is 145 Å². The number of carbonyl (C=O) groups is 1. The number of aromatic nitrogens is 3. The van der Waals surface area contributed by atoms with Gasteiger partial charge < -0.3 is 9.84 Å². The van der Waals surface area contributed by atoms with E-state index in [0.29, 0.717) is 11.6 Å². The fourth-order valence-electron chi connectivity index (χ4n) is 2.49. The minimum absolute atomic E-state index is 0.186. The van der Waals surface area contributed by atoms with Crippen molar-refractivity contribution in [3.8, 4) is 11.3 Å². The van der Waals surface area contributed by atoms with Crippen LogP contribution in [0.4, 0.5) is 10.2 Å². The Morgan fingerprint density at radius 1 is 1.36 bits per heavy atom. The molecule has 0 bridgehead atoms. The van der Waals surface area contributed by atoms with Gasteiger partial charge in [0.2, 0.25) is 5.91 Å². The van der Waals surface area contributed by atoms with Gasteiger partial charge in [-0.05, 0) is 31.2 Å². The molecule has 0 aliphatic heterocycles. The van der Waals surface area contributed by atoms with Crippen LogP contribution < -0.4 is 5.32 Å². The molecule has 3 aromatic heterocycles. The number of halogens is 1. The van der Waals surface area contributed by atoms with Crippen molar-refractivity contribution < 1.29 is 13.7 Å². The molecular formula is C17H13FN4O2S. The van der Waals surface area contributed by atoms with Crippen molar-refractivity contribution in [3.05, 3.63) is 59.2 Å². The molecule has 3 heterocycles. The quantitative estimate of drug-likeness (QED) is 0.605. The van der Waals surface area contributed by atoms with Crippen molar-refractivity contribution in [1.29, 1.82) is 0 Å². The molecule has 25 heavy (non-hydrogen) atoms. The van der Waals surface area contributed by atoms with Gasteiger partial charge in [-0.25, -0.2) is 9.37 Å². The molecular weight excluding hydrogens is 343 g/mol. The molecule has 0 saturated heterocycles. The lowest BCUT2D eigenvalue weighted by atomic mass is 10.2. The molecule has 1 amide bonds. The summed E-state index contributed by atoms with van der Waals surface area (Å²) in [6.45, 7) is 1.76. The van der Waals surface area contributed by atoms with Crippen molar-refractivity contribution in [2.75, 3.05) is 5.32 Å². The Bertz CT molecular complexity index is 1050. The number of imidazole rings is 1. The van der Waals surface area contributed by atoms with Crippen LogP contribution in [0.5, 0.6) is 0 Å². The highest BCUT2D eigenvalue weighted by Gasteiger charge is 2.13. The van der Waals surface area contributed by atoms with Crippen LogP contribution in [0.3, 0.4) is 0 Å². The largest absolute Gasteiger partial charge is 0.360 e. The van der Waals surface area contributed by atoms with Gasteiger partial charge in [0.15, 0.2) is 10.8 Å². The second-order valence-corrected chi connectivity index (χ2v) is 6.40. The Balaban J connectivity index is 1.56. The highest BCUT2D eigenvalue weighted by molar-refractivity contribution is 7.15. The zero-order chi connectivity index (χ0) is 17.4. The average molecular weight is 356 g/mol. The van der Waals surface area contributed by atoms with Gasteiger partial charge in [-0.3, -0.25) is 9.20 Å². The third-order valence-electron chi connectivity index (χ3n) is 3.66. The number of carbonyl (C=O) groups excluding carboxylic acids is 1. The van der Waals surface area contributed by atoms with E-state index in [2.05, 4.69) is 15.5 Å². The summed E-state index contributed by atoms with van der Waals surface area (Å²) in [4.78, 5) is 17.5. The van der Waals surface area contributed by atoms with Crippen LogP contribution >= 0.6 is 11.3 Å². The molecule has 8 heteroatoms. The van der Waals surface area contributed by atoms with Crippen molar-refractivity contribution >= 4 is 28.0 Å². The molecule has 126 valence electrons. The second-order valence-electron chi connectivity index (χ2n) is 5.56. The first-order chi connectivity index (χ1) is 12.1. The molecule has 0 fully saturated rings. The predicted molar refractivity (Wildman–Crippen MR) is 92.0 cm³/mol. The van der Waals surface area contributed by atoms with Gasteiger partial charge in [-0.2, -0.15) is 0 Å². The standard InChI is InChI=1S/C17H13FN4O2S/c1-10-6-15(21-24-10)20-16(23)7-13-9-25-17-19-14(8-22(13)17)11-2-4-12(18)5-3-11/h2-6,8-9H,7H2,1H3,(H,20,21,23). The number of nitrogens with zero attached hydrogens (tertiary/aromatic N) is 3. The number of hydrogen-bond donors (Lipinski definition) is 1. The fraction of sp³-hybridized carbons (Fsp3) is 0.118. The molecule has 0 unspecified atom stereocenters. The van der Waals surface area contributed by atoms with Crippen LogP contribution in [0.25, 0.3) is 16.2 Å². The highest BCUT2D eigenvalue weighted by atomic mass is 32.1. The average Bonchev–Trinajstić information content (AvgIpc) is 3.26. The van der Waals surface area contributed by atoms with Crippen LogP contribution in [-0.2, 0) is 11.2 Å². The van der Waals surface area contributed by atoms with Crippen LogP contribution in [0.1, 0.15) is 11.5 Å². The third kappa shape index (κ3) is 3.16. The van der Waals surface area contributed by atoms with E-state index in [1.807, 2.05) is 16.0 Å². The summed E-state index contributed by atoms with van der Waals surface area (Å²) in [6, 6.07) is 7.82. The number of fused-ring (bicyclic) bond motifs is 1. The molecule has 0 radical (unpaired) electrons. The minimum Gasteiger partial charge on any atom is -0.360 e. The number of thiazole rings is 1. The maximum absolute atomic E-state index is 13.1. The highest BCUT2D eigenvalue weighted by Crippen LogP contribution is 2.24. The molecule has 0 spiro atoms. The number of anilines is 1. The van der Waals surface area contributed by atoms with Crippen LogP contribution in [0, 0.1) is 12.7 Å². The fourth-order valence-corrected chi connectivity index (χ4v) is 3.37. The van der Waals surface area contributed by atoms with E-state index in [1.165, 1.54) is 23.5 Å².